The van der Waals surface area contributed by atoms with Gasteiger partial charge in [0, 0.05) is 6.54 Å². The van der Waals surface area contributed by atoms with Crippen LogP contribution in [0.3, 0.4) is 0 Å². The van der Waals surface area contributed by atoms with Crippen LogP contribution in [0, 0.1) is 0 Å². The summed E-state index contributed by atoms with van der Waals surface area (Å²) in [7, 11) is 0. The van der Waals surface area contributed by atoms with Crippen LogP contribution in [-0.2, 0) is 14.3 Å². The number of nitrogen functional groups attached to an aromatic ring is 1. The van der Waals surface area contributed by atoms with Gasteiger partial charge in [0.15, 0.2) is 11.0 Å². The van der Waals surface area contributed by atoms with Crippen LogP contribution >= 0.6 is 11.6 Å². The summed E-state index contributed by atoms with van der Waals surface area (Å²) < 4.78 is 10.7. The van der Waals surface area contributed by atoms with Gasteiger partial charge in [-0.15, -0.1) is 0 Å². The van der Waals surface area contributed by atoms with Gasteiger partial charge in [-0.3, -0.25) is 0 Å². The highest BCUT2D eigenvalue weighted by Gasteiger charge is 2.29. The van der Waals surface area contributed by atoms with Gasteiger partial charge in [-0.2, -0.15) is 0 Å². The minimum Gasteiger partial charge on any atom is -0.461 e. The van der Waals surface area contributed by atoms with E-state index in [2.05, 4.69) is 20.6 Å². The van der Waals surface area contributed by atoms with Gasteiger partial charge in [0.2, 0.25) is 0 Å². The SMILES string of the molecule is CC(C)(C)OC(=O)NC(CNc1ncnc(Cl)c1N)C(=O)OC1CCCC1. The number of rotatable bonds is 6. The monoisotopic (exact) mass is 399 g/mol. The first-order chi connectivity index (χ1) is 12.7. The van der Waals surface area contributed by atoms with Gasteiger partial charge in [-0.25, -0.2) is 19.6 Å². The molecule has 150 valence electrons. The third kappa shape index (κ3) is 6.74. The van der Waals surface area contributed by atoms with E-state index >= 15 is 0 Å². The molecule has 0 aliphatic heterocycles. The van der Waals surface area contributed by atoms with E-state index in [4.69, 9.17) is 26.8 Å². The van der Waals surface area contributed by atoms with Crippen LogP contribution in [0.2, 0.25) is 5.15 Å². The molecule has 1 aromatic rings. The second-order valence-electron chi connectivity index (χ2n) is 7.35. The predicted octanol–water partition coefficient (Wildman–Crippen LogP) is 2.50. The molecule has 0 spiro atoms. The second kappa shape index (κ2) is 9.07. The summed E-state index contributed by atoms with van der Waals surface area (Å²) in [6, 6.07) is -0.978. The first-order valence-corrected chi connectivity index (χ1v) is 9.23. The number of esters is 1. The molecule has 0 bridgehead atoms. The summed E-state index contributed by atoms with van der Waals surface area (Å²) in [4.78, 5) is 32.4. The number of carbonyl (C=O) groups excluding carboxylic acids is 2. The zero-order chi connectivity index (χ0) is 20.0. The first kappa shape index (κ1) is 21.0. The minimum atomic E-state index is -0.978. The molecule has 1 amide bonds. The quantitative estimate of drug-likeness (QED) is 0.491. The fourth-order valence-corrected chi connectivity index (χ4v) is 2.74. The number of alkyl carbamates (subject to hydrolysis) is 1. The largest absolute Gasteiger partial charge is 0.461 e. The van der Waals surface area contributed by atoms with Crippen LogP contribution in [0.1, 0.15) is 46.5 Å². The van der Waals surface area contributed by atoms with Gasteiger partial charge >= 0.3 is 12.1 Å². The number of nitrogens with zero attached hydrogens (tertiary/aromatic N) is 2. The number of nitrogens with two attached hydrogens (primary N) is 1. The Bertz CT molecular complexity index is 674. The smallest absolute Gasteiger partial charge is 0.408 e. The van der Waals surface area contributed by atoms with E-state index < -0.39 is 23.7 Å². The summed E-state index contributed by atoms with van der Waals surface area (Å²) in [6.45, 7) is 5.21. The molecule has 1 aliphatic rings. The third-order valence-corrected chi connectivity index (χ3v) is 4.17. The number of amides is 1. The minimum absolute atomic E-state index is 0.00232. The number of hydrogen-bond donors (Lipinski definition) is 3. The molecule has 1 saturated carbocycles. The molecule has 1 atom stereocenters. The van der Waals surface area contributed by atoms with Gasteiger partial charge in [-0.1, -0.05) is 11.6 Å². The molecule has 1 aliphatic carbocycles. The number of halogens is 1. The van der Waals surface area contributed by atoms with Gasteiger partial charge in [-0.05, 0) is 46.5 Å². The number of hydrogen-bond acceptors (Lipinski definition) is 8. The molecule has 1 aromatic heterocycles. The number of aromatic nitrogens is 2. The van der Waals surface area contributed by atoms with E-state index in [9.17, 15) is 9.59 Å². The van der Waals surface area contributed by atoms with E-state index in [1.54, 1.807) is 20.8 Å². The number of anilines is 2. The maximum atomic E-state index is 12.6. The van der Waals surface area contributed by atoms with E-state index in [-0.39, 0.29) is 29.3 Å². The fourth-order valence-electron chi connectivity index (χ4n) is 2.61. The van der Waals surface area contributed by atoms with Gasteiger partial charge in [0.05, 0.1) is 0 Å². The Balaban J connectivity index is 2.04. The molecule has 0 radical (unpaired) electrons. The van der Waals surface area contributed by atoms with Crippen molar-refractivity contribution < 1.29 is 19.1 Å². The Hall–Kier alpha value is -2.29. The van der Waals surface area contributed by atoms with Gasteiger partial charge in [0.1, 0.15) is 29.8 Å². The Morgan fingerprint density at radius 1 is 1.33 bits per heavy atom. The maximum Gasteiger partial charge on any atom is 0.408 e. The van der Waals surface area contributed by atoms with Crippen molar-refractivity contribution in [1.82, 2.24) is 15.3 Å². The van der Waals surface area contributed by atoms with Gasteiger partial charge < -0.3 is 25.8 Å². The Morgan fingerprint density at radius 2 is 2.00 bits per heavy atom. The lowest BCUT2D eigenvalue weighted by Crippen LogP contribution is -2.48. The van der Waals surface area contributed by atoms with Crippen LogP contribution in [0.5, 0.6) is 0 Å². The van der Waals surface area contributed by atoms with Crippen molar-refractivity contribution in [3.63, 3.8) is 0 Å². The normalized spacial score (nSPS) is 15.9. The molecule has 10 heteroatoms. The molecule has 0 aromatic carbocycles. The van der Waals surface area contributed by atoms with Crippen molar-refractivity contribution in [3.05, 3.63) is 11.5 Å². The number of nitrogens with one attached hydrogen (secondary N) is 2. The lowest BCUT2D eigenvalue weighted by atomic mass is 10.2. The van der Waals surface area contributed by atoms with Crippen molar-refractivity contribution in [3.8, 4) is 0 Å². The lowest BCUT2D eigenvalue weighted by molar-refractivity contribution is -0.150. The molecule has 4 N–H and O–H groups in total. The first-order valence-electron chi connectivity index (χ1n) is 8.85. The van der Waals surface area contributed by atoms with Crippen LogP contribution in [0.15, 0.2) is 6.33 Å². The highest BCUT2D eigenvalue weighted by Crippen LogP contribution is 2.23. The van der Waals surface area contributed by atoms with Crippen molar-refractivity contribution in [1.29, 1.82) is 0 Å². The van der Waals surface area contributed by atoms with Crippen LogP contribution in [0.25, 0.3) is 0 Å². The van der Waals surface area contributed by atoms with Crippen molar-refractivity contribution in [2.75, 3.05) is 17.6 Å². The van der Waals surface area contributed by atoms with E-state index in [0.29, 0.717) is 0 Å². The zero-order valence-electron chi connectivity index (χ0n) is 15.8. The number of carbonyl (C=O) groups is 2. The Labute approximate surface area is 163 Å². The molecular weight excluding hydrogens is 374 g/mol. The Kier molecular flexibility index (Phi) is 7.06. The van der Waals surface area contributed by atoms with Gasteiger partial charge in [0.25, 0.3) is 0 Å². The topological polar surface area (TPSA) is 128 Å². The lowest BCUT2D eigenvalue weighted by Gasteiger charge is -2.24. The second-order valence-corrected chi connectivity index (χ2v) is 7.71. The van der Waals surface area contributed by atoms with Crippen molar-refractivity contribution >= 4 is 35.2 Å². The van der Waals surface area contributed by atoms with E-state index in [0.717, 1.165) is 25.7 Å². The highest BCUT2D eigenvalue weighted by molar-refractivity contribution is 6.32. The summed E-state index contributed by atoms with van der Waals surface area (Å²) >= 11 is 5.86. The summed E-state index contributed by atoms with van der Waals surface area (Å²) in [6.07, 6.45) is 4.10. The molecule has 9 nitrogen and oxygen atoms in total. The molecule has 1 unspecified atom stereocenters. The third-order valence-electron chi connectivity index (χ3n) is 3.87. The fraction of sp³-hybridized carbons (Fsp3) is 0.647. The highest BCUT2D eigenvalue weighted by atomic mass is 35.5. The average molecular weight is 400 g/mol. The Morgan fingerprint density at radius 3 is 2.63 bits per heavy atom. The van der Waals surface area contributed by atoms with Crippen molar-refractivity contribution in [2.24, 2.45) is 0 Å². The van der Waals surface area contributed by atoms with Crippen LogP contribution in [0.4, 0.5) is 16.3 Å². The molecular formula is C17H26ClN5O4. The predicted molar refractivity (Wildman–Crippen MR) is 101 cm³/mol. The molecule has 2 rings (SSSR count). The maximum absolute atomic E-state index is 12.6. The van der Waals surface area contributed by atoms with Crippen LogP contribution in [-0.4, -0.2) is 46.3 Å². The summed E-state index contributed by atoms with van der Waals surface area (Å²) in [5.74, 6) is -0.279. The average Bonchev–Trinajstić information content (AvgIpc) is 3.06. The summed E-state index contributed by atoms with van der Waals surface area (Å²) in [5, 5.41) is 5.53. The molecule has 27 heavy (non-hydrogen) atoms. The molecule has 1 heterocycles. The number of ether oxygens (including phenoxy) is 2. The standard InChI is InChI=1S/C17H26ClN5O4/c1-17(2,3)27-16(25)23-11(15(24)26-10-6-4-5-7-10)8-20-14-12(19)13(18)21-9-22-14/h9-11H,4-8,19H2,1-3H3,(H,23,25)(H,20,21,22). The van der Waals surface area contributed by atoms with Crippen LogP contribution < -0.4 is 16.4 Å². The zero-order valence-corrected chi connectivity index (χ0v) is 16.5. The molecule has 0 saturated heterocycles. The van der Waals surface area contributed by atoms with Crippen molar-refractivity contribution in [2.45, 2.75) is 64.2 Å². The molecule has 1 fully saturated rings. The summed E-state index contributed by atoms with van der Waals surface area (Å²) in [5.41, 5.74) is 5.27. The van der Waals surface area contributed by atoms with E-state index in [1.807, 2.05) is 0 Å². The van der Waals surface area contributed by atoms with E-state index in [1.165, 1.54) is 6.33 Å².